The van der Waals surface area contributed by atoms with Crippen LogP contribution in [0.5, 0.6) is 0 Å². The molecule has 0 bridgehead atoms. The van der Waals surface area contributed by atoms with E-state index in [9.17, 15) is 4.39 Å². The lowest BCUT2D eigenvalue weighted by molar-refractivity contribution is 0.248. The molecule has 1 aromatic carbocycles. The maximum atomic E-state index is 12.9. The number of likely N-dealkylation sites (N-methyl/N-ethyl adjacent to an activating group) is 1. The van der Waals surface area contributed by atoms with Crippen LogP contribution >= 0.6 is 0 Å². The minimum Gasteiger partial charge on any atom is -0.299 e. The summed E-state index contributed by atoms with van der Waals surface area (Å²) in [6, 6.07) is 10.0. The highest BCUT2D eigenvalue weighted by atomic mass is 19.1. The normalized spacial score (nSPS) is 19.2. The summed E-state index contributed by atoms with van der Waals surface area (Å²) in [5, 5.41) is 0. The second kappa shape index (κ2) is 4.74. The molecule has 2 heterocycles. The molecule has 0 spiro atoms. The molecule has 0 amide bonds. The molecular weight excluding hydrogens is 239 g/mol. The Morgan fingerprint density at radius 1 is 1.26 bits per heavy atom. The van der Waals surface area contributed by atoms with Crippen molar-refractivity contribution in [3.63, 3.8) is 0 Å². The standard InChI is InChI=1S/C16H17FN2/c1-11-13-4-3-5-14(15(13)8-9-19(11)2)12-6-7-16(17)18-10-12/h3-7,10-11H,8-9H2,1-2H3. The van der Waals surface area contributed by atoms with Gasteiger partial charge in [0.15, 0.2) is 0 Å². The van der Waals surface area contributed by atoms with E-state index in [2.05, 4.69) is 42.1 Å². The molecule has 0 saturated carbocycles. The topological polar surface area (TPSA) is 16.1 Å². The Kier molecular flexibility index (Phi) is 3.07. The van der Waals surface area contributed by atoms with Gasteiger partial charge in [0.05, 0.1) is 0 Å². The quantitative estimate of drug-likeness (QED) is 0.727. The van der Waals surface area contributed by atoms with E-state index in [1.165, 1.54) is 22.8 Å². The summed E-state index contributed by atoms with van der Waals surface area (Å²) in [5.41, 5.74) is 4.93. The van der Waals surface area contributed by atoms with Crippen LogP contribution in [0, 0.1) is 5.95 Å². The first-order valence-electron chi connectivity index (χ1n) is 6.61. The third-order valence-corrected chi connectivity index (χ3v) is 4.08. The summed E-state index contributed by atoms with van der Waals surface area (Å²) >= 11 is 0. The molecule has 0 aliphatic carbocycles. The Hall–Kier alpha value is -1.74. The van der Waals surface area contributed by atoms with Gasteiger partial charge in [0, 0.05) is 24.3 Å². The minimum atomic E-state index is -0.429. The molecule has 3 heteroatoms. The first kappa shape index (κ1) is 12.3. The van der Waals surface area contributed by atoms with Gasteiger partial charge >= 0.3 is 0 Å². The van der Waals surface area contributed by atoms with Gasteiger partial charge in [0.1, 0.15) is 0 Å². The average molecular weight is 256 g/mol. The number of nitrogens with zero attached hydrogens (tertiary/aromatic N) is 2. The van der Waals surface area contributed by atoms with Crippen LogP contribution in [0.25, 0.3) is 11.1 Å². The van der Waals surface area contributed by atoms with Gasteiger partial charge in [-0.15, -0.1) is 0 Å². The Balaban J connectivity index is 2.11. The highest BCUT2D eigenvalue weighted by Gasteiger charge is 2.22. The van der Waals surface area contributed by atoms with E-state index in [0.29, 0.717) is 6.04 Å². The van der Waals surface area contributed by atoms with Crippen molar-refractivity contribution in [2.75, 3.05) is 13.6 Å². The van der Waals surface area contributed by atoms with Gasteiger partial charge in [0.2, 0.25) is 5.95 Å². The zero-order valence-electron chi connectivity index (χ0n) is 11.2. The number of benzene rings is 1. The van der Waals surface area contributed by atoms with Crippen molar-refractivity contribution in [2.24, 2.45) is 0 Å². The molecule has 1 aliphatic rings. The van der Waals surface area contributed by atoms with Gasteiger partial charge in [-0.1, -0.05) is 18.2 Å². The molecule has 19 heavy (non-hydrogen) atoms. The Morgan fingerprint density at radius 2 is 2.11 bits per heavy atom. The molecule has 1 unspecified atom stereocenters. The molecule has 98 valence electrons. The second-order valence-corrected chi connectivity index (χ2v) is 5.15. The van der Waals surface area contributed by atoms with E-state index >= 15 is 0 Å². The first-order chi connectivity index (χ1) is 9.16. The van der Waals surface area contributed by atoms with Crippen LogP contribution in [0.2, 0.25) is 0 Å². The van der Waals surface area contributed by atoms with Crippen molar-refractivity contribution in [3.8, 4) is 11.1 Å². The molecule has 0 fully saturated rings. The van der Waals surface area contributed by atoms with Crippen LogP contribution in [0.1, 0.15) is 24.1 Å². The fourth-order valence-corrected chi connectivity index (χ4v) is 2.80. The molecule has 0 saturated heterocycles. The van der Waals surface area contributed by atoms with E-state index in [1.807, 2.05) is 0 Å². The maximum Gasteiger partial charge on any atom is 0.212 e. The Labute approximate surface area is 112 Å². The van der Waals surface area contributed by atoms with Crippen molar-refractivity contribution >= 4 is 0 Å². The molecule has 3 rings (SSSR count). The van der Waals surface area contributed by atoms with Crippen molar-refractivity contribution in [1.29, 1.82) is 0 Å². The van der Waals surface area contributed by atoms with Gasteiger partial charge in [-0.25, -0.2) is 4.98 Å². The molecule has 1 aliphatic heterocycles. The molecule has 2 nitrogen and oxygen atoms in total. The number of fused-ring (bicyclic) bond motifs is 1. The third kappa shape index (κ3) is 2.15. The smallest absolute Gasteiger partial charge is 0.212 e. The van der Waals surface area contributed by atoms with E-state index < -0.39 is 5.95 Å². The average Bonchev–Trinajstić information content (AvgIpc) is 2.43. The molecule has 2 aromatic rings. The van der Waals surface area contributed by atoms with Gasteiger partial charge in [0.25, 0.3) is 0 Å². The van der Waals surface area contributed by atoms with Crippen LogP contribution in [-0.2, 0) is 6.42 Å². The predicted octanol–water partition coefficient (Wildman–Crippen LogP) is 3.44. The number of pyridine rings is 1. The number of rotatable bonds is 1. The maximum absolute atomic E-state index is 12.9. The van der Waals surface area contributed by atoms with Crippen LogP contribution in [0.15, 0.2) is 36.5 Å². The van der Waals surface area contributed by atoms with Crippen LogP contribution in [-0.4, -0.2) is 23.5 Å². The summed E-state index contributed by atoms with van der Waals surface area (Å²) < 4.78 is 12.9. The van der Waals surface area contributed by atoms with E-state index in [-0.39, 0.29) is 0 Å². The SMILES string of the molecule is CC1c2cccc(-c3ccc(F)nc3)c2CCN1C. The summed E-state index contributed by atoms with van der Waals surface area (Å²) in [6.45, 7) is 3.28. The Morgan fingerprint density at radius 3 is 2.84 bits per heavy atom. The Bertz CT molecular complexity index is 592. The van der Waals surface area contributed by atoms with Gasteiger partial charge in [-0.2, -0.15) is 4.39 Å². The lowest BCUT2D eigenvalue weighted by atomic mass is 9.88. The van der Waals surface area contributed by atoms with Crippen molar-refractivity contribution in [3.05, 3.63) is 53.6 Å². The number of hydrogen-bond donors (Lipinski definition) is 0. The van der Waals surface area contributed by atoms with Crippen LogP contribution in [0.4, 0.5) is 4.39 Å². The van der Waals surface area contributed by atoms with E-state index in [4.69, 9.17) is 0 Å². The van der Waals surface area contributed by atoms with Crippen LogP contribution < -0.4 is 0 Å². The number of halogens is 1. The third-order valence-electron chi connectivity index (χ3n) is 4.08. The minimum absolute atomic E-state index is 0.428. The lowest BCUT2D eigenvalue weighted by Gasteiger charge is -2.33. The fourth-order valence-electron chi connectivity index (χ4n) is 2.80. The summed E-state index contributed by atoms with van der Waals surface area (Å²) in [4.78, 5) is 6.12. The lowest BCUT2D eigenvalue weighted by Crippen LogP contribution is -2.30. The highest BCUT2D eigenvalue weighted by molar-refractivity contribution is 5.68. The molecule has 0 radical (unpaired) electrons. The van der Waals surface area contributed by atoms with Crippen LogP contribution in [0.3, 0.4) is 0 Å². The van der Waals surface area contributed by atoms with E-state index in [1.54, 1.807) is 12.3 Å². The van der Waals surface area contributed by atoms with E-state index in [0.717, 1.165) is 18.5 Å². The number of hydrogen-bond acceptors (Lipinski definition) is 2. The fraction of sp³-hybridized carbons (Fsp3) is 0.312. The highest BCUT2D eigenvalue weighted by Crippen LogP contribution is 2.34. The van der Waals surface area contributed by atoms with Gasteiger partial charge < -0.3 is 0 Å². The van der Waals surface area contributed by atoms with Gasteiger partial charge in [-0.05, 0) is 49.2 Å². The number of aromatic nitrogens is 1. The monoisotopic (exact) mass is 256 g/mol. The first-order valence-corrected chi connectivity index (χ1v) is 6.61. The molecule has 1 atom stereocenters. The zero-order valence-corrected chi connectivity index (χ0v) is 11.2. The molecule has 0 N–H and O–H groups in total. The summed E-state index contributed by atoms with van der Waals surface area (Å²) in [6.07, 6.45) is 2.65. The van der Waals surface area contributed by atoms with Gasteiger partial charge in [-0.3, -0.25) is 4.90 Å². The summed E-state index contributed by atoms with van der Waals surface area (Å²) in [7, 11) is 2.15. The van der Waals surface area contributed by atoms with Crippen molar-refractivity contribution < 1.29 is 4.39 Å². The second-order valence-electron chi connectivity index (χ2n) is 5.15. The zero-order chi connectivity index (χ0) is 13.4. The summed E-state index contributed by atoms with van der Waals surface area (Å²) in [5.74, 6) is -0.429. The molecular formula is C16H17FN2. The molecule has 1 aromatic heterocycles. The largest absolute Gasteiger partial charge is 0.299 e. The van der Waals surface area contributed by atoms with Crippen molar-refractivity contribution in [1.82, 2.24) is 9.88 Å². The van der Waals surface area contributed by atoms with Crippen molar-refractivity contribution in [2.45, 2.75) is 19.4 Å². The predicted molar refractivity (Wildman–Crippen MR) is 74.4 cm³/mol.